The highest BCUT2D eigenvalue weighted by Crippen LogP contribution is 2.34. The number of nitrogens with one attached hydrogen (secondary N) is 2. The van der Waals surface area contributed by atoms with Gasteiger partial charge in [0.25, 0.3) is 15.6 Å². The summed E-state index contributed by atoms with van der Waals surface area (Å²) in [6.07, 6.45) is -4.83. The van der Waals surface area contributed by atoms with Gasteiger partial charge in [0.15, 0.2) is 0 Å². The Morgan fingerprint density at radius 3 is 2.27 bits per heavy atom. The Bertz CT molecular complexity index is 1390. The molecule has 0 saturated heterocycles. The van der Waals surface area contributed by atoms with E-state index in [1.54, 1.807) is 24.3 Å². The molecule has 0 atom stereocenters. The van der Waals surface area contributed by atoms with Crippen molar-refractivity contribution in [1.82, 2.24) is 9.78 Å². The normalized spacial score (nSPS) is 12.2. The van der Waals surface area contributed by atoms with Gasteiger partial charge in [0.05, 0.1) is 27.0 Å². The number of para-hydroxylation sites is 1. The van der Waals surface area contributed by atoms with Crippen LogP contribution < -0.4 is 10.3 Å². The van der Waals surface area contributed by atoms with Crippen LogP contribution in [0.3, 0.4) is 0 Å². The van der Waals surface area contributed by atoms with Gasteiger partial charge in [-0.1, -0.05) is 30.3 Å². The Kier molecular flexibility index (Phi) is 4.65. The SMILES string of the molecule is O=c1[nH]n(-c2ccccc2)c2ccc(NS(=O)(=O)c3ccccc3C(F)(F)F)cc12. The zero-order valence-corrected chi connectivity index (χ0v) is 16.0. The van der Waals surface area contributed by atoms with Crippen molar-refractivity contribution < 1.29 is 21.6 Å². The van der Waals surface area contributed by atoms with Crippen LogP contribution in [0.15, 0.2) is 82.5 Å². The fraction of sp³-hybridized carbons (Fsp3) is 0.0500. The second-order valence-corrected chi connectivity index (χ2v) is 8.09. The molecule has 3 aromatic carbocycles. The van der Waals surface area contributed by atoms with Crippen LogP contribution in [-0.2, 0) is 16.2 Å². The van der Waals surface area contributed by atoms with E-state index in [1.165, 1.54) is 28.9 Å². The molecule has 0 fully saturated rings. The van der Waals surface area contributed by atoms with Crippen molar-refractivity contribution in [2.24, 2.45) is 0 Å². The first-order valence-electron chi connectivity index (χ1n) is 8.66. The summed E-state index contributed by atoms with van der Waals surface area (Å²) in [5.41, 5.74) is -0.588. The van der Waals surface area contributed by atoms with Crippen LogP contribution in [0.5, 0.6) is 0 Å². The summed E-state index contributed by atoms with van der Waals surface area (Å²) < 4.78 is 68.5. The number of halogens is 3. The number of aromatic nitrogens is 2. The maximum Gasteiger partial charge on any atom is 0.417 e. The van der Waals surface area contributed by atoms with Gasteiger partial charge in [0.2, 0.25) is 0 Å². The van der Waals surface area contributed by atoms with Gasteiger partial charge in [-0.2, -0.15) is 13.2 Å². The molecule has 0 spiro atoms. The predicted molar refractivity (Wildman–Crippen MR) is 106 cm³/mol. The number of aromatic amines is 1. The maximum atomic E-state index is 13.2. The predicted octanol–water partition coefficient (Wildman–Crippen LogP) is 4.14. The Hall–Kier alpha value is -3.53. The minimum atomic E-state index is -4.83. The Labute approximate surface area is 168 Å². The highest BCUT2D eigenvalue weighted by molar-refractivity contribution is 7.92. The van der Waals surface area contributed by atoms with Gasteiger partial charge >= 0.3 is 6.18 Å². The monoisotopic (exact) mass is 433 g/mol. The van der Waals surface area contributed by atoms with E-state index in [9.17, 15) is 26.4 Å². The van der Waals surface area contributed by atoms with E-state index in [0.29, 0.717) is 17.3 Å². The van der Waals surface area contributed by atoms with E-state index in [4.69, 9.17) is 0 Å². The molecule has 30 heavy (non-hydrogen) atoms. The fourth-order valence-electron chi connectivity index (χ4n) is 3.12. The number of hydrogen-bond acceptors (Lipinski definition) is 3. The van der Waals surface area contributed by atoms with Crippen molar-refractivity contribution in [2.75, 3.05) is 4.72 Å². The third-order valence-corrected chi connectivity index (χ3v) is 5.88. The molecule has 0 unspecified atom stereocenters. The summed E-state index contributed by atoms with van der Waals surface area (Å²) in [5.74, 6) is 0. The number of anilines is 1. The van der Waals surface area contributed by atoms with Crippen LogP contribution in [0.1, 0.15) is 5.56 Å². The van der Waals surface area contributed by atoms with E-state index >= 15 is 0 Å². The number of benzene rings is 3. The van der Waals surface area contributed by atoms with E-state index < -0.39 is 32.2 Å². The average Bonchev–Trinajstić information content (AvgIpc) is 3.04. The summed E-state index contributed by atoms with van der Waals surface area (Å²) in [7, 11) is -4.54. The first-order chi connectivity index (χ1) is 14.2. The Balaban J connectivity index is 1.76. The van der Waals surface area contributed by atoms with E-state index in [1.807, 2.05) is 6.07 Å². The molecule has 1 aromatic heterocycles. The fourth-order valence-corrected chi connectivity index (χ4v) is 4.40. The van der Waals surface area contributed by atoms with Gasteiger partial charge in [-0.15, -0.1) is 0 Å². The largest absolute Gasteiger partial charge is 0.417 e. The van der Waals surface area contributed by atoms with Gasteiger partial charge in [0.1, 0.15) is 0 Å². The van der Waals surface area contributed by atoms with Crippen LogP contribution in [0.4, 0.5) is 18.9 Å². The number of nitrogens with zero attached hydrogens (tertiary/aromatic N) is 1. The second-order valence-electron chi connectivity index (χ2n) is 6.44. The van der Waals surface area contributed by atoms with Gasteiger partial charge in [0, 0.05) is 5.69 Å². The molecule has 10 heteroatoms. The van der Waals surface area contributed by atoms with Gasteiger partial charge in [-0.25, -0.2) is 8.42 Å². The summed E-state index contributed by atoms with van der Waals surface area (Å²) in [6.45, 7) is 0. The Morgan fingerprint density at radius 1 is 0.900 bits per heavy atom. The molecule has 0 aliphatic heterocycles. The summed E-state index contributed by atoms with van der Waals surface area (Å²) in [5, 5.41) is 2.84. The van der Waals surface area contributed by atoms with Crippen molar-refractivity contribution in [3.63, 3.8) is 0 Å². The van der Waals surface area contributed by atoms with Crippen molar-refractivity contribution in [3.8, 4) is 5.69 Å². The molecule has 4 rings (SSSR count). The highest BCUT2D eigenvalue weighted by atomic mass is 32.2. The van der Waals surface area contributed by atoms with Crippen molar-refractivity contribution >= 4 is 26.6 Å². The smallest absolute Gasteiger partial charge is 0.280 e. The number of fused-ring (bicyclic) bond motifs is 1. The molecular weight excluding hydrogens is 419 g/mol. The number of alkyl halides is 3. The zero-order valence-electron chi connectivity index (χ0n) is 15.1. The average molecular weight is 433 g/mol. The molecule has 0 amide bonds. The quantitative estimate of drug-likeness (QED) is 0.507. The van der Waals surface area contributed by atoms with E-state index in [0.717, 1.165) is 12.1 Å². The summed E-state index contributed by atoms with van der Waals surface area (Å²) in [6, 6.07) is 17.0. The third-order valence-electron chi connectivity index (χ3n) is 4.44. The van der Waals surface area contributed by atoms with E-state index in [-0.39, 0.29) is 11.1 Å². The van der Waals surface area contributed by atoms with Crippen molar-refractivity contribution in [1.29, 1.82) is 0 Å². The van der Waals surface area contributed by atoms with Gasteiger partial charge in [-0.05, 0) is 42.5 Å². The molecule has 6 nitrogen and oxygen atoms in total. The lowest BCUT2D eigenvalue weighted by atomic mass is 10.2. The molecule has 0 aliphatic rings. The van der Waals surface area contributed by atoms with Crippen LogP contribution in [0.25, 0.3) is 16.6 Å². The van der Waals surface area contributed by atoms with Crippen molar-refractivity contribution in [3.05, 3.63) is 88.7 Å². The molecule has 0 bridgehead atoms. The number of H-pyrrole nitrogens is 1. The van der Waals surface area contributed by atoms with Crippen LogP contribution in [0, 0.1) is 0 Å². The third kappa shape index (κ3) is 3.57. The van der Waals surface area contributed by atoms with Gasteiger partial charge < -0.3 is 0 Å². The van der Waals surface area contributed by atoms with Crippen molar-refractivity contribution in [2.45, 2.75) is 11.1 Å². The molecule has 4 aromatic rings. The second kappa shape index (κ2) is 7.06. The minimum absolute atomic E-state index is 0.0317. The number of hydrogen-bond donors (Lipinski definition) is 2. The summed E-state index contributed by atoms with van der Waals surface area (Å²) >= 11 is 0. The molecular formula is C20H14F3N3O3S. The first-order valence-corrected chi connectivity index (χ1v) is 10.1. The van der Waals surface area contributed by atoms with Crippen LogP contribution in [-0.4, -0.2) is 18.2 Å². The van der Waals surface area contributed by atoms with Crippen LogP contribution >= 0.6 is 0 Å². The zero-order chi connectivity index (χ0) is 21.5. The van der Waals surface area contributed by atoms with E-state index in [2.05, 4.69) is 9.82 Å². The lowest BCUT2D eigenvalue weighted by Crippen LogP contribution is -2.18. The summed E-state index contributed by atoms with van der Waals surface area (Å²) in [4.78, 5) is 11.4. The topological polar surface area (TPSA) is 84.0 Å². The Morgan fingerprint density at radius 2 is 1.57 bits per heavy atom. The first kappa shape index (κ1) is 19.8. The minimum Gasteiger partial charge on any atom is -0.280 e. The molecule has 0 saturated carbocycles. The lowest BCUT2D eigenvalue weighted by Gasteiger charge is -2.14. The van der Waals surface area contributed by atoms with Crippen LogP contribution in [0.2, 0.25) is 0 Å². The van der Waals surface area contributed by atoms with Gasteiger partial charge in [-0.3, -0.25) is 19.3 Å². The molecule has 0 radical (unpaired) electrons. The molecule has 1 heterocycles. The number of sulfonamides is 1. The molecule has 2 N–H and O–H groups in total. The lowest BCUT2D eigenvalue weighted by molar-refractivity contribution is -0.139. The molecule has 0 aliphatic carbocycles. The maximum absolute atomic E-state index is 13.2. The number of rotatable bonds is 4. The standard InChI is InChI=1S/C20H14F3N3O3S/c21-20(22,23)16-8-4-5-9-18(16)30(28,29)25-13-10-11-17-15(12-13)19(27)24-26(17)14-6-2-1-3-7-14/h1-12,25H,(H,24,27). The molecule has 154 valence electrons. The highest BCUT2D eigenvalue weighted by Gasteiger charge is 2.36.